The molecule has 1 aliphatic heterocycles. The van der Waals surface area contributed by atoms with Gasteiger partial charge in [0, 0.05) is 26.1 Å². The second kappa shape index (κ2) is 9.45. The Balaban J connectivity index is 1.43. The Morgan fingerprint density at radius 3 is 2.38 bits per heavy atom. The number of carbonyl (C=O) groups excluding carboxylic acids is 1. The summed E-state index contributed by atoms with van der Waals surface area (Å²) in [6.45, 7) is 1.22. The molecule has 1 amide bonds. The van der Waals surface area contributed by atoms with E-state index in [4.69, 9.17) is 0 Å². The largest absolute Gasteiger partial charge is 0.343 e. The fourth-order valence-electron chi connectivity index (χ4n) is 3.51. The van der Waals surface area contributed by atoms with E-state index in [1.807, 2.05) is 18.2 Å². The van der Waals surface area contributed by atoms with Crippen molar-refractivity contribution < 1.29 is 22.0 Å². The van der Waals surface area contributed by atoms with Gasteiger partial charge in [0.2, 0.25) is 15.9 Å². The molecule has 1 N–H and O–H groups in total. The Morgan fingerprint density at radius 1 is 1.03 bits per heavy atom. The number of hydrogen-bond acceptors (Lipinski definition) is 3. The molecule has 0 spiro atoms. The van der Waals surface area contributed by atoms with Gasteiger partial charge >= 0.3 is 0 Å². The van der Waals surface area contributed by atoms with Gasteiger partial charge in [0.25, 0.3) is 0 Å². The Kier molecular flexibility index (Phi) is 6.97. The number of carbonyl (C=O) groups is 1. The molecule has 156 valence electrons. The molecule has 1 saturated heterocycles. The van der Waals surface area contributed by atoms with Crippen molar-refractivity contribution in [2.45, 2.75) is 30.6 Å². The summed E-state index contributed by atoms with van der Waals surface area (Å²) < 4.78 is 52.8. The summed E-state index contributed by atoms with van der Waals surface area (Å²) >= 11 is 0. The lowest BCUT2D eigenvalue weighted by Gasteiger charge is -2.32. The summed E-state index contributed by atoms with van der Waals surface area (Å²) in [5.41, 5.74) is 1.30. The van der Waals surface area contributed by atoms with E-state index in [9.17, 15) is 22.0 Å². The monoisotopic (exact) mass is 422 g/mol. The molecule has 0 unspecified atom stereocenters. The van der Waals surface area contributed by atoms with E-state index in [2.05, 4.69) is 16.9 Å². The fraction of sp³-hybridized carbons (Fsp3) is 0.381. The molecule has 0 aliphatic carbocycles. The Bertz CT molecular complexity index is 944. The van der Waals surface area contributed by atoms with Crippen LogP contribution in [0.4, 0.5) is 8.78 Å². The second-order valence-electron chi connectivity index (χ2n) is 7.24. The van der Waals surface area contributed by atoms with Crippen molar-refractivity contribution >= 4 is 15.9 Å². The van der Waals surface area contributed by atoms with Gasteiger partial charge < -0.3 is 4.90 Å². The lowest BCUT2D eigenvalue weighted by molar-refractivity contribution is -0.132. The molecule has 8 heteroatoms. The van der Waals surface area contributed by atoms with Gasteiger partial charge in [0.15, 0.2) is 11.6 Å². The number of sulfonamides is 1. The van der Waals surface area contributed by atoms with Gasteiger partial charge in [-0.05, 0) is 48.9 Å². The quantitative estimate of drug-likeness (QED) is 0.746. The minimum Gasteiger partial charge on any atom is -0.343 e. The highest BCUT2D eigenvalue weighted by atomic mass is 32.2. The van der Waals surface area contributed by atoms with E-state index in [1.54, 1.807) is 4.90 Å². The molecule has 0 aromatic heterocycles. The number of piperidine rings is 1. The lowest BCUT2D eigenvalue weighted by Crippen LogP contribution is -2.40. The molecule has 0 atom stereocenters. The number of likely N-dealkylation sites (tertiary alicyclic amines) is 1. The molecule has 29 heavy (non-hydrogen) atoms. The normalized spacial score (nSPS) is 15.4. The summed E-state index contributed by atoms with van der Waals surface area (Å²) in [7, 11) is -4.00. The maximum atomic E-state index is 13.2. The number of halogens is 2. The second-order valence-corrected chi connectivity index (χ2v) is 9.00. The van der Waals surface area contributed by atoms with Gasteiger partial charge in [0.05, 0.1) is 4.90 Å². The molecule has 2 aromatic carbocycles. The molecule has 0 radical (unpaired) electrons. The van der Waals surface area contributed by atoms with Crippen LogP contribution in [-0.4, -0.2) is 38.9 Å². The number of amides is 1. The molecule has 0 bridgehead atoms. The van der Waals surface area contributed by atoms with E-state index in [0.29, 0.717) is 25.1 Å². The van der Waals surface area contributed by atoms with Gasteiger partial charge in [-0.3, -0.25) is 4.79 Å². The first-order valence-corrected chi connectivity index (χ1v) is 11.1. The van der Waals surface area contributed by atoms with Crippen LogP contribution in [0.5, 0.6) is 0 Å². The third kappa shape index (κ3) is 5.83. The summed E-state index contributed by atoms with van der Waals surface area (Å²) in [5.74, 6) is -1.93. The molecular formula is C21H24F2N2O3S. The third-order valence-corrected chi connectivity index (χ3v) is 6.63. The van der Waals surface area contributed by atoms with E-state index in [1.165, 1.54) is 5.56 Å². The van der Waals surface area contributed by atoms with Crippen LogP contribution in [0, 0.1) is 17.6 Å². The first kappa shape index (κ1) is 21.4. The van der Waals surface area contributed by atoms with Crippen molar-refractivity contribution in [2.75, 3.05) is 19.6 Å². The van der Waals surface area contributed by atoms with Crippen LogP contribution in [-0.2, 0) is 21.2 Å². The average Bonchev–Trinajstić information content (AvgIpc) is 2.71. The smallest absolute Gasteiger partial charge is 0.240 e. The SMILES string of the molecule is O=C(CCNS(=O)(=O)c1ccc(F)c(F)c1)N1CCC(Cc2ccccc2)CC1. The van der Waals surface area contributed by atoms with Crippen LogP contribution in [0.2, 0.25) is 0 Å². The highest BCUT2D eigenvalue weighted by Crippen LogP contribution is 2.22. The van der Waals surface area contributed by atoms with Crippen LogP contribution in [0.25, 0.3) is 0 Å². The maximum absolute atomic E-state index is 13.2. The highest BCUT2D eigenvalue weighted by molar-refractivity contribution is 7.89. The minimum atomic E-state index is -4.00. The van der Waals surface area contributed by atoms with E-state index >= 15 is 0 Å². The van der Waals surface area contributed by atoms with Crippen LogP contribution in [0.1, 0.15) is 24.8 Å². The first-order chi connectivity index (χ1) is 13.8. The van der Waals surface area contributed by atoms with Crippen LogP contribution in [0.3, 0.4) is 0 Å². The molecule has 1 heterocycles. The Morgan fingerprint density at radius 2 is 1.72 bits per heavy atom. The van der Waals surface area contributed by atoms with Gasteiger partial charge in [-0.2, -0.15) is 0 Å². The van der Waals surface area contributed by atoms with Crippen LogP contribution < -0.4 is 4.72 Å². The third-order valence-electron chi connectivity index (χ3n) is 5.17. The first-order valence-electron chi connectivity index (χ1n) is 9.61. The zero-order valence-corrected chi connectivity index (χ0v) is 16.8. The zero-order valence-electron chi connectivity index (χ0n) is 16.0. The minimum absolute atomic E-state index is 0.0201. The van der Waals surface area contributed by atoms with Crippen molar-refractivity contribution in [3.8, 4) is 0 Å². The molecular weight excluding hydrogens is 398 g/mol. The number of benzene rings is 2. The Hall–Kier alpha value is -2.32. The predicted octanol–water partition coefficient (Wildman–Crippen LogP) is 3.11. The zero-order chi connectivity index (χ0) is 20.9. The number of nitrogens with zero attached hydrogens (tertiary/aromatic N) is 1. The number of nitrogens with one attached hydrogen (secondary N) is 1. The van der Waals surface area contributed by atoms with E-state index in [-0.39, 0.29) is 23.8 Å². The van der Waals surface area contributed by atoms with Crippen molar-refractivity contribution in [3.63, 3.8) is 0 Å². The summed E-state index contributed by atoms with van der Waals surface area (Å²) in [5, 5.41) is 0. The predicted molar refractivity (Wildman–Crippen MR) is 106 cm³/mol. The van der Waals surface area contributed by atoms with E-state index in [0.717, 1.165) is 31.4 Å². The topological polar surface area (TPSA) is 66.5 Å². The summed E-state index contributed by atoms with van der Waals surface area (Å²) in [6.07, 6.45) is 2.85. The summed E-state index contributed by atoms with van der Waals surface area (Å²) in [4.78, 5) is 13.8. The van der Waals surface area contributed by atoms with Crippen molar-refractivity contribution in [2.24, 2.45) is 5.92 Å². The van der Waals surface area contributed by atoms with Crippen molar-refractivity contribution in [3.05, 3.63) is 65.7 Å². The molecule has 5 nitrogen and oxygen atoms in total. The fourth-order valence-corrected chi connectivity index (χ4v) is 4.55. The Labute approximate surface area is 169 Å². The standard InChI is InChI=1S/C21H24F2N2O3S/c22-19-7-6-18(15-20(19)23)29(27,28)24-11-8-21(26)25-12-9-17(10-13-25)14-16-4-2-1-3-5-16/h1-7,15,17,24H,8-14H2. The molecule has 1 fully saturated rings. The molecule has 3 rings (SSSR count). The van der Waals surface area contributed by atoms with Crippen LogP contribution in [0.15, 0.2) is 53.4 Å². The molecule has 1 aliphatic rings. The van der Waals surface area contributed by atoms with Crippen molar-refractivity contribution in [1.82, 2.24) is 9.62 Å². The van der Waals surface area contributed by atoms with Gasteiger partial charge in [-0.15, -0.1) is 0 Å². The summed E-state index contributed by atoms with van der Waals surface area (Å²) in [6, 6.07) is 12.6. The van der Waals surface area contributed by atoms with Gasteiger partial charge in [0.1, 0.15) is 0 Å². The highest BCUT2D eigenvalue weighted by Gasteiger charge is 2.23. The number of rotatable bonds is 7. The average molecular weight is 422 g/mol. The maximum Gasteiger partial charge on any atom is 0.240 e. The molecule has 2 aromatic rings. The molecule has 0 saturated carbocycles. The van der Waals surface area contributed by atoms with Crippen LogP contribution >= 0.6 is 0 Å². The van der Waals surface area contributed by atoms with Crippen molar-refractivity contribution in [1.29, 1.82) is 0 Å². The van der Waals surface area contributed by atoms with Gasteiger partial charge in [-0.25, -0.2) is 21.9 Å². The lowest BCUT2D eigenvalue weighted by atomic mass is 9.90. The van der Waals surface area contributed by atoms with Gasteiger partial charge in [-0.1, -0.05) is 30.3 Å². The number of hydrogen-bond donors (Lipinski definition) is 1. The van der Waals surface area contributed by atoms with E-state index < -0.39 is 21.7 Å².